The zero-order valence-corrected chi connectivity index (χ0v) is 9.77. The summed E-state index contributed by atoms with van der Waals surface area (Å²) in [6.45, 7) is 5.59. The van der Waals surface area contributed by atoms with Gasteiger partial charge in [-0.15, -0.1) is 0 Å². The second kappa shape index (κ2) is 3.38. The van der Waals surface area contributed by atoms with E-state index in [4.69, 9.17) is 0 Å². The molecule has 0 radical (unpaired) electrons. The Bertz CT molecular complexity index is 162. The molecule has 0 rings (SSSR count). The predicted octanol–water partition coefficient (Wildman–Crippen LogP) is 1.36. The van der Waals surface area contributed by atoms with E-state index < -0.39 is 0 Å². The number of likely N-dealkylation sites (N-methyl/N-ethyl adjacent to an activating group) is 1. The van der Waals surface area contributed by atoms with Gasteiger partial charge in [0.15, 0.2) is 11.8 Å². The van der Waals surface area contributed by atoms with Gasteiger partial charge in [-0.2, -0.15) is 12.6 Å². The summed E-state index contributed by atoms with van der Waals surface area (Å²) in [7, 11) is 6.05. The highest BCUT2D eigenvalue weighted by Gasteiger charge is 2.40. The molecule has 0 spiro atoms. The maximum absolute atomic E-state index is 11.4. The van der Waals surface area contributed by atoms with Gasteiger partial charge in [0, 0.05) is 6.92 Å². The molecule has 72 valence electrons. The van der Waals surface area contributed by atoms with Crippen LogP contribution in [0.5, 0.6) is 0 Å². The lowest BCUT2D eigenvalue weighted by molar-refractivity contribution is -0.888. The number of quaternary nitrogens is 1. The average molecular weight is 190 g/mol. The summed E-state index contributed by atoms with van der Waals surface area (Å²) < 4.78 is 0.371. The minimum Gasteiger partial charge on any atom is -0.321 e. The third kappa shape index (κ3) is 3.15. The summed E-state index contributed by atoms with van der Waals surface area (Å²) in [5.74, 6) is 0.197. The van der Waals surface area contributed by atoms with Crippen molar-refractivity contribution in [3.8, 4) is 0 Å². The van der Waals surface area contributed by atoms with Crippen LogP contribution < -0.4 is 0 Å². The van der Waals surface area contributed by atoms with Crippen molar-refractivity contribution in [1.82, 2.24) is 0 Å². The zero-order valence-electron chi connectivity index (χ0n) is 8.88. The first-order valence-electron chi connectivity index (χ1n) is 4.10. The first-order valence-corrected chi connectivity index (χ1v) is 4.55. The van der Waals surface area contributed by atoms with Crippen molar-refractivity contribution >= 4 is 18.4 Å². The fourth-order valence-corrected chi connectivity index (χ4v) is 2.52. The number of rotatable bonds is 3. The molecular weight excluding hydrogens is 170 g/mol. The van der Waals surface area contributed by atoms with E-state index in [9.17, 15) is 4.79 Å². The molecule has 3 heteroatoms. The number of hydrogen-bond acceptors (Lipinski definition) is 2. The lowest BCUT2D eigenvalue weighted by Crippen LogP contribution is -2.57. The van der Waals surface area contributed by atoms with E-state index in [0.717, 1.165) is 0 Å². The minimum atomic E-state index is -0.260. The van der Waals surface area contributed by atoms with Crippen molar-refractivity contribution in [3.05, 3.63) is 0 Å². The maximum Gasteiger partial charge on any atom is 0.188 e. The molecule has 2 nitrogen and oxygen atoms in total. The molecule has 0 aliphatic rings. The Kier molecular flexibility index (Phi) is 3.38. The van der Waals surface area contributed by atoms with Crippen molar-refractivity contribution in [3.63, 3.8) is 0 Å². The topological polar surface area (TPSA) is 17.1 Å². The van der Waals surface area contributed by atoms with Crippen molar-refractivity contribution in [1.29, 1.82) is 0 Å². The molecule has 0 aliphatic heterocycles. The molecule has 0 aromatic rings. The van der Waals surface area contributed by atoms with Gasteiger partial charge in [0.1, 0.15) is 0 Å². The van der Waals surface area contributed by atoms with E-state index in [-0.39, 0.29) is 16.6 Å². The maximum atomic E-state index is 11.4. The molecule has 1 atom stereocenters. The van der Waals surface area contributed by atoms with Crippen LogP contribution in [0.4, 0.5) is 0 Å². The Morgan fingerprint density at radius 3 is 1.67 bits per heavy atom. The van der Waals surface area contributed by atoms with Gasteiger partial charge in [-0.3, -0.25) is 4.79 Å². The highest BCUT2D eigenvalue weighted by atomic mass is 32.1. The summed E-state index contributed by atoms with van der Waals surface area (Å²) >= 11 is 4.45. The van der Waals surface area contributed by atoms with Crippen LogP contribution >= 0.6 is 12.6 Å². The Morgan fingerprint density at radius 2 is 1.67 bits per heavy atom. The van der Waals surface area contributed by atoms with Crippen LogP contribution in [0.1, 0.15) is 20.8 Å². The molecule has 0 aromatic heterocycles. The van der Waals surface area contributed by atoms with E-state index in [2.05, 4.69) is 12.6 Å². The fourth-order valence-electron chi connectivity index (χ4n) is 1.99. The number of ketones is 1. The van der Waals surface area contributed by atoms with Gasteiger partial charge in [0.05, 0.1) is 25.9 Å². The molecule has 0 amide bonds. The number of thiol groups is 1. The van der Waals surface area contributed by atoms with Gasteiger partial charge in [-0.05, 0) is 13.8 Å². The van der Waals surface area contributed by atoms with Gasteiger partial charge in [0.25, 0.3) is 0 Å². The van der Waals surface area contributed by atoms with Crippen LogP contribution in [0.3, 0.4) is 0 Å². The van der Waals surface area contributed by atoms with E-state index in [0.29, 0.717) is 4.48 Å². The minimum absolute atomic E-state index is 0.0548. The van der Waals surface area contributed by atoms with Crippen molar-refractivity contribution in [2.24, 2.45) is 0 Å². The molecule has 0 aromatic carbocycles. The molecule has 0 N–H and O–H groups in total. The molecule has 0 aliphatic carbocycles. The van der Waals surface area contributed by atoms with E-state index in [1.54, 1.807) is 6.92 Å². The van der Waals surface area contributed by atoms with Crippen LogP contribution in [-0.4, -0.2) is 42.2 Å². The number of Topliss-reactive ketones (excluding diaryl/α,β-unsaturated/α-hetero) is 1. The highest BCUT2D eigenvalue weighted by Crippen LogP contribution is 2.25. The van der Waals surface area contributed by atoms with Crippen LogP contribution in [-0.2, 0) is 4.79 Å². The third-order valence-corrected chi connectivity index (χ3v) is 2.07. The summed E-state index contributed by atoms with van der Waals surface area (Å²) in [5, 5.41) is 0. The smallest absolute Gasteiger partial charge is 0.188 e. The van der Waals surface area contributed by atoms with Crippen molar-refractivity contribution in [2.45, 2.75) is 31.6 Å². The van der Waals surface area contributed by atoms with E-state index in [1.165, 1.54) is 0 Å². The molecule has 0 saturated heterocycles. The lowest BCUT2D eigenvalue weighted by Gasteiger charge is -2.39. The number of carbonyl (C=O) groups is 1. The molecule has 12 heavy (non-hydrogen) atoms. The van der Waals surface area contributed by atoms with Gasteiger partial charge in [-0.25, -0.2) is 0 Å². The summed E-state index contributed by atoms with van der Waals surface area (Å²) in [6, 6.07) is -0.0548. The quantitative estimate of drug-likeness (QED) is 0.525. The van der Waals surface area contributed by atoms with Crippen LogP contribution in [0.2, 0.25) is 0 Å². The zero-order chi connectivity index (χ0) is 10.2. The monoisotopic (exact) mass is 190 g/mol. The molecule has 0 bridgehead atoms. The average Bonchev–Trinajstić information content (AvgIpc) is 1.49. The van der Waals surface area contributed by atoms with Crippen molar-refractivity contribution < 1.29 is 9.28 Å². The normalized spacial score (nSPS) is 15.9. The number of nitrogens with zero attached hydrogens (tertiary/aromatic N) is 1. The predicted molar refractivity (Wildman–Crippen MR) is 55.6 cm³/mol. The largest absolute Gasteiger partial charge is 0.321 e. The standard InChI is InChI=1S/C9H19NOS/c1-7(11)8(9(2,3)12)10(4,5)6/h8H,1-6H3/p+1. The molecule has 1 unspecified atom stereocenters. The fraction of sp³-hybridized carbons (Fsp3) is 0.889. The highest BCUT2D eigenvalue weighted by molar-refractivity contribution is 7.81. The lowest BCUT2D eigenvalue weighted by atomic mass is 9.97. The van der Waals surface area contributed by atoms with Gasteiger partial charge < -0.3 is 4.48 Å². The SMILES string of the molecule is CC(=O)C(C(C)(C)S)[N+](C)(C)C. The van der Waals surface area contributed by atoms with Crippen molar-refractivity contribution in [2.75, 3.05) is 21.1 Å². The Morgan fingerprint density at radius 1 is 1.33 bits per heavy atom. The third-order valence-electron chi connectivity index (χ3n) is 1.83. The van der Waals surface area contributed by atoms with E-state index >= 15 is 0 Å². The Labute approximate surface area is 80.9 Å². The summed E-state index contributed by atoms with van der Waals surface area (Å²) in [6.07, 6.45) is 0. The van der Waals surface area contributed by atoms with E-state index in [1.807, 2.05) is 35.0 Å². The van der Waals surface area contributed by atoms with Gasteiger partial charge in [-0.1, -0.05) is 0 Å². The number of hydrogen-bond donors (Lipinski definition) is 1. The van der Waals surface area contributed by atoms with Gasteiger partial charge >= 0.3 is 0 Å². The first kappa shape index (κ1) is 12.0. The van der Waals surface area contributed by atoms with Crippen LogP contribution in [0.15, 0.2) is 0 Å². The number of carbonyl (C=O) groups excluding carboxylic acids is 1. The molecular formula is C9H20NOS+. The second-order valence-corrected chi connectivity index (χ2v) is 5.94. The summed E-state index contributed by atoms with van der Waals surface area (Å²) in [4.78, 5) is 11.4. The molecule has 0 saturated carbocycles. The Hall–Kier alpha value is -0.0200. The summed E-state index contributed by atoms with van der Waals surface area (Å²) in [5.41, 5.74) is 0. The van der Waals surface area contributed by atoms with Crippen LogP contribution in [0.25, 0.3) is 0 Å². The van der Waals surface area contributed by atoms with Crippen LogP contribution in [0, 0.1) is 0 Å². The first-order chi connectivity index (χ1) is 5.07. The molecule has 0 fully saturated rings. The Balaban J connectivity index is 4.82. The second-order valence-electron chi connectivity index (χ2n) is 4.78. The van der Waals surface area contributed by atoms with Gasteiger partial charge in [0.2, 0.25) is 0 Å². The molecule has 0 heterocycles.